The third-order valence-electron chi connectivity index (χ3n) is 4.00. The van der Waals surface area contributed by atoms with Crippen molar-refractivity contribution in [3.63, 3.8) is 0 Å². The Balaban J connectivity index is 1.61. The molecule has 0 atom stereocenters. The molecular formula is C18H12N4O4S2. The van der Waals surface area contributed by atoms with Gasteiger partial charge in [0.2, 0.25) is 5.91 Å². The molecule has 0 saturated heterocycles. The Hall–Kier alpha value is -3.37. The molecular weight excluding hydrogens is 400 g/mol. The van der Waals surface area contributed by atoms with Gasteiger partial charge in [-0.1, -0.05) is 12.1 Å². The number of nitrogens with zero attached hydrogens (tertiary/aromatic N) is 3. The molecule has 140 valence electrons. The molecule has 3 aromatic heterocycles. The molecule has 4 aromatic rings. The first-order valence-corrected chi connectivity index (χ1v) is 9.83. The second kappa shape index (κ2) is 7.33. The van der Waals surface area contributed by atoms with E-state index < -0.39 is 10.8 Å². The highest BCUT2D eigenvalue weighted by molar-refractivity contribution is 7.18. The third-order valence-corrected chi connectivity index (χ3v) is 5.79. The average Bonchev–Trinajstić information content (AvgIpc) is 3.33. The van der Waals surface area contributed by atoms with E-state index in [0.29, 0.717) is 10.2 Å². The van der Waals surface area contributed by atoms with Crippen molar-refractivity contribution < 1.29 is 9.72 Å². The molecule has 0 fully saturated rings. The fourth-order valence-electron chi connectivity index (χ4n) is 2.75. The van der Waals surface area contributed by atoms with E-state index in [1.807, 2.05) is 22.9 Å². The molecule has 8 nitrogen and oxygen atoms in total. The van der Waals surface area contributed by atoms with E-state index in [4.69, 9.17) is 0 Å². The number of anilines is 1. The summed E-state index contributed by atoms with van der Waals surface area (Å²) in [5, 5.41) is 17.7. The number of non-ortho nitro benzene ring substituents is 1. The number of fused-ring (bicyclic) bond motifs is 1. The van der Waals surface area contributed by atoms with Gasteiger partial charge in [0.25, 0.3) is 11.2 Å². The van der Waals surface area contributed by atoms with Gasteiger partial charge in [-0.2, -0.15) is 0 Å². The molecule has 3 heterocycles. The summed E-state index contributed by atoms with van der Waals surface area (Å²) < 4.78 is 1.23. The zero-order valence-electron chi connectivity index (χ0n) is 14.2. The second-order valence-electron chi connectivity index (χ2n) is 5.84. The fraction of sp³-hybridized carbons (Fsp3) is 0.0556. The maximum Gasteiger partial charge on any atom is 0.271 e. The van der Waals surface area contributed by atoms with Gasteiger partial charge in [-0.05, 0) is 17.5 Å². The van der Waals surface area contributed by atoms with E-state index in [2.05, 4.69) is 10.3 Å². The van der Waals surface area contributed by atoms with Crippen molar-refractivity contribution in [1.29, 1.82) is 0 Å². The first-order chi connectivity index (χ1) is 13.5. The number of thiophene rings is 2. The molecule has 0 aliphatic rings. The lowest BCUT2D eigenvalue weighted by molar-refractivity contribution is -0.384. The molecule has 1 amide bonds. The van der Waals surface area contributed by atoms with Crippen LogP contribution in [0.25, 0.3) is 20.7 Å². The number of benzene rings is 1. The van der Waals surface area contributed by atoms with E-state index in [9.17, 15) is 19.7 Å². The minimum Gasteiger partial charge on any atom is -0.324 e. The number of rotatable bonds is 5. The van der Waals surface area contributed by atoms with Crippen LogP contribution in [0.15, 0.2) is 58.3 Å². The van der Waals surface area contributed by atoms with Gasteiger partial charge in [0, 0.05) is 33.6 Å². The Kier molecular flexibility index (Phi) is 4.72. The molecule has 0 radical (unpaired) electrons. The molecule has 1 N–H and O–H groups in total. The molecule has 0 bridgehead atoms. The summed E-state index contributed by atoms with van der Waals surface area (Å²) >= 11 is 2.90. The van der Waals surface area contributed by atoms with Crippen LogP contribution in [-0.2, 0) is 11.3 Å². The molecule has 0 aliphatic heterocycles. The van der Waals surface area contributed by atoms with Crippen LogP contribution in [0.4, 0.5) is 11.4 Å². The van der Waals surface area contributed by atoms with Crippen LogP contribution in [0, 0.1) is 10.1 Å². The van der Waals surface area contributed by atoms with Crippen molar-refractivity contribution >= 4 is 50.2 Å². The molecule has 4 rings (SSSR count). The Bertz CT molecular complexity index is 1240. The zero-order valence-corrected chi connectivity index (χ0v) is 15.8. The van der Waals surface area contributed by atoms with Gasteiger partial charge in [-0.3, -0.25) is 24.3 Å². The van der Waals surface area contributed by atoms with Crippen LogP contribution >= 0.6 is 22.7 Å². The van der Waals surface area contributed by atoms with Crippen LogP contribution in [0.5, 0.6) is 0 Å². The minimum atomic E-state index is -0.541. The number of amides is 1. The molecule has 0 saturated carbocycles. The largest absolute Gasteiger partial charge is 0.324 e. The van der Waals surface area contributed by atoms with Gasteiger partial charge >= 0.3 is 0 Å². The smallest absolute Gasteiger partial charge is 0.271 e. The average molecular weight is 412 g/mol. The first kappa shape index (κ1) is 18.0. The van der Waals surface area contributed by atoms with Crippen molar-refractivity contribution in [2.45, 2.75) is 6.54 Å². The lowest BCUT2D eigenvalue weighted by Gasteiger charge is -2.07. The topological polar surface area (TPSA) is 107 Å². The van der Waals surface area contributed by atoms with Crippen molar-refractivity contribution in [3.8, 4) is 10.4 Å². The summed E-state index contributed by atoms with van der Waals surface area (Å²) in [5.74, 6) is -0.475. The van der Waals surface area contributed by atoms with Gasteiger partial charge in [-0.25, -0.2) is 4.98 Å². The van der Waals surface area contributed by atoms with Crippen molar-refractivity contribution in [2.24, 2.45) is 0 Å². The maximum atomic E-state index is 12.9. The Morgan fingerprint density at radius 2 is 2.11 bits per heavy atom. The number of carbonyl (C=O) groups is 1. The number of hydrogen-bond acceptors (Lipinski definition) is 7. The van der Waals surface area contributed by atoms with Gasteiger partial charge in [0.05, 0.1) is 16.6 Å². The lowest BCUT2D eigenvalue weighted by Crippen LogP contribution is -2.27. The monoisotopic (exact) mass is 412 g/mol. The number of aromatic nitrogens is 2. The fourth-order valence-corrected chi connectivity index (χ4v) is 4.47. The predicted octanol–water partition coefficient (Wildman–Crippen LogP) is 3.73. The highest BCUT2D eigenvalue weighted by Crippen LogP contribution is 2.33. The molecule has 0 aliphatic carbocycles. The van der Waals surface area contributed by atoms with E-state index >= 15 is 0 Å². The molecule has 0 spiro atoms. The SMILES string of the molecule is O=C(Cn1cnc2scc(-c3cccs3)c2c1=O)Nc1cccc([N+](=O)[O-])c1. The van der Waals surface area contributed by atoms with E-state index in [1.54, 1.807) is 6.07 Å². The van der Waals surface area contributed by atoms with E-state index in [0.717, 1.165) is 10.4 Å². The summed E-state index contributed by atoms with van der Waals surface area (Å²) in [5.41, 5.74) is 0.665. The number of carbonyl (C=O) groups excluding carboxylic acids is 1. The summed E-state index contributed by atoms with van der Waals surface area (Å²) in [6.07, 6.45) is 1.34. The zero-order chi connectivity index (χ0) is 19.7. The van der Waals surface area contributed by atoms with Crippen molar-refractivity contribution in [3.05, 3.63) is 74.0 Å². The number of nitro groups is 1. The standard InChI is InChI=1S/C18H12N4O4S2/c23-15(20-11-3-1-4-12(7-11)22(25)26)8-21-10-19-17-16(18(21)24)13(9-28-17)14-5-2-6-27-14/h1-7,9-10H,8H2,(H,20,23). The van der Waals surface area contributed by atoms with Gasteiger partial charge < -0.3 is 5.32 Å². The lowest BCUT2D eigenvalue weighted by atomic mass is 10.2. The quantitative estimate of drug-likeness (QED) is 0.397. The second-order valence-corrected chi connectivity index (χ2v) is 7.65. The van der Waals surface area contributed by atoms with Gasteiger partial charge in [-0.15, -0.1) is 22.7 Å². The summed E-state index contributed by atoms with van der Waals surface area (Å²) in [4.78, 5) is 41.4. The summed E-state index contributed by atoms with van der Waals surface area (Å²) in [6, 6.07) is 9.45. The van der Waals surface area contributed by atoms with Gasteiger partial charge in [0.15, 0.2) is 0 Å². The highest BCUT2D eigenvalue weighted by Gasteiger charge is 2.15. The summed E-state index contributed by atoms with van der Waals surface area (Å²) in [7, 11) is 0. The maximum absolute atomic E-state index is 12.9. The molecule has 0 unspecified atom stereocenters. The Labute approximate surface area is 165 Å². The third kappa shape index (κ3) is 3.42. The predicted molar refractivity (Wildman–Crippen MR) is 109 cm³/mol. The van der Waals surface area contributed by atoms with E-state index in [-0.39, 0.29) is 23.5 Å². The van der Waals surface area contributed by atoms with Crippen LogP contribution in [0.1, 0.15) is 0 Å². The van der Waals surface area contributed by atoms with Crippen LogP contribution in [-0.4, -0.2) is 20.4 Å². The first-order valence-electron chi connectivity index (χ1n) is 8.08. The molecule has 10 heteroatoms. The number of nitrogens with one attached hydrogen (secondary N) is 1. The molecule has 28 heavy (non-hydrogen) atoms. The van der Waals surface area contributed by atoms with Crippen LogP contribution in [0.2, 0.25) is 0 Å². The van der Waals surface area contributed by atoms with Crippen molar-refractivity contribution in [2.75, 3.05) is 5.32 Å². The normalized spacial score (nSPS) is 10.9. The van der Waals surface area contributed by atoms with Gasteiger partial charge in [0.1, 0.15) is 11.4 Å². The Morgan fingerprint density at radius 3 is 2.86 bits per heavy atom. The van der Waals surface area contributed by atoms with Crippen LogP contribution < -0.4 is 10.9 Å². The van der Waals surface area contributed by atoms with Crippen molar-refractivity contribution in [1.82, 2.24) is 9.55 Å². The highest BCUT2D eigenvalue weighted by atomic mass is 32.1. The Morgan fingerprint density at radius 1 is 1.25 bits per heavy atom. The van der Waals surface area contributed by atoms with Crippen LogP contribution in [0.3, 0.4) is 0 Å². The minimum absolute atomic E-state index is 0.128. The summed E-state index contributed by atoms with van der Waals surface area (Å²) in [6.45, 7) is -0.246. The van der Waals surface area contributed by atoms with E-state index in [1.165, 1.54) is 51.8 Å². The number of nitro benzene ring substituents is 1. The number of hydrogen-bond donors (Lipinski definition) is 1. The molecule has 1 aromatic carbocycles.